The number of halogens is 1. The van der Waals surface area contributed by atoms with Gasteiger partial charge in [-0.2, -0.15) is 0 Å². The van der Waals surface area contributed by atoms with Gasteiger partial charge in [-0.3, -0.25) is 4.79 Å². The van der Waals surface area contributed by atoms with E-state index in [1.165, 1.54) is 11.1 Å². The number of ether oxygens (including phenoxy) is 2. The topological polar surface area (TPSA) is 59.6 Å². The molecule has 3 aromatic rings. The first-order valence-corrected chi connectivity index (χ1v) is 11.4. The molecule has 0 spiro atoms. The van der Waals surface area contributed by atoms with Gasteiger partial charge in [-0.05, 0) is 72.1 Å². The summed E-state index contributed by atoms with van der Waals surface area (Å²) in [4.78, 5) is 12.3. The van der Waals surface area contributed by atoms with Gasteiger partial charge in [0.15, 0.2) is 18.1 Å². The van der Waals surface area contributed by atoms with Crippen LogP contribution in [0.1, 0.15) is 29.2 Å². The number of amides is 1. The maximum atomic E-state index is 12.3. The van der Waals surface area contributed by atoms with E-state index in [0.717, 1.165) is 27.8 Å². The molecule has 168 valence electrons. The molecular formula is C26H29BrN2O3. The van der Waals surface area contributed by atoms with E-state index in [9.17, 15) is 4.79 Å². The first kappa shape index (κ1) is 23.8. The van der Waals surface area contributed by atoms with E-state index in [0.29, 0.717) is 24.7 Å². The van der Waals surface area contributed by atoms with Crippen molar-refractivity contribution >= 4 is 27.5 Å². The summed E-state index contributed by atoms with van der Waals surface area (Å²) in [6.07, 6.45) is 0. The summed E-state index contributed by atoms with van der Waals surface area (Å²) in [5.41, 5.74) is 5.42. The molecule has 0 aliphatic rings. The lowest BCUT2D eigenvalue weighted by molar-refractivity contribution is -0.118. The number of hydrogen-bond donors (Lipinski definition) is 2. The lowest BCUT2D eigenvalue weighted by atomic mass is 10.1. The number of benzene rings is 3. The third-order valence-electron chi connectivity index (χ3n) is 4.83. The maximum Gasteiger partial charge on any atom is 0.262 e. The second-order valence-electron chi connectivity index (χ2n) is 7.63. The minimum atomic E-state index is -0.230. The monoisotopic (exact) mass is 496 g/mol. The largest absolute Gasteiger partial charge is 0.490 e. The Labute approximate surface area is 198 Å². The zero-order valence-corrected chi connectivity index (χ0v) is 20.3. The molecular weight excluding hydrogens is 468 g/mol. The zero-order chi connectivity index (χ0) is 22.9. The van der Waals surface area contributed by atoms with Crippen molar-refractivity contribution in [1.82, 2.24) is 5.32 Å². The molecule has 5 nitrogen and oxygen atoms in total. The first-order chi connectivity index (χ1) is 15.4. The molecule has 0 bridgehead atoms. The van der Waals surface area contributed by atoms with Crippen LogP contribution in [0.2, 0.25) is 0 Å². The molecule has 2 N–H and O–H groups in total. The molecule has 0 unspecified atom stereocenters. The van der Waals surface area contributed by atoms with Gasteiger partial charge in [0.2, 0.25) is 0 Å². The molecule has 3 rings (SSSR count). The number of carbonyl (C=O) groups is 1. The molecule has 0 saturated heterocycles. The minimum Gasteiger partial charge on any atom is -0.490 e. The summed E-state index contributed by atoms with van der Waals surface area (Å²) in [5.74, 6) is 0.900. The Bertz CT molecular complexity index is 1030. The van der Waals surface area contributed by atoms with Crippen LogP contribution in [0.25, 0.3) is 0 Å². The Morgan fingerprint density at radius 2 is 1.50 bits per heavy atom. The van der Waals surface area contributed by atoms with E-state index in [1.54, 1.807) is 0 Å². The van der Waals surface area contributed by atoms with Crippen molar-refractivity contribution in [3.05, 3.63) is 87.4 Å². The smallest absolute Gasteiger partial charge is 0.262 e. The molecule has 0 aromatic heterocycles. The van der Waals surface area contributed by atoms with Gasteiger partial charge < -0.3 is 20.1 Å². The highest BCUT2D eigenvalue weighted by atomic mass is 79.9. The highest BCUT2D eigenvalue weighted by molar-refractivity contribution is 9.10. The summed E-state index contributed by atoms with van der Waals surface area (Å²) in [6.45, 7) is 7.85. The minimum absolute atomic E-state index is 0.114. The molecule has 0 aliphatic carbocycles. The number of hydrogen-bond acceptors (Lipinski definition) is 4. The summed E-state index contributed by atoms with van der Waals surface area (Å²) in [6, 6.07) is 20.0. The molecule has 32 heavy (non-hydrogen) atoms. The van der Waals surface area contributed by atoms with E-state index >= 15 is 0 Å². The molecule has 3 aromatic carbocycles. The van der Waals surface area contributed by atoms with Crippen molar-refractivity contribution in [2.45, 2.75) is 33.9 Å². The Kier molecular flexibility index (Phi) is 8.71. The quantitative estimate of drug-likeness (QED) is 0.373. The zero-order valence-electron chi connectivity index (χ0n) is 18.7. The fourth-order valence-corrected chi connectivity index (χ4v) is 3.76. The van der Waals surface area contributed by atoms with Crippen LogP contribution in [0.4, 0.5) is 5.69 Å². The summed E-state index contributed by atoms with van der Waals surface area (Å²) in [7, 11) is 0. The predicted octanol–water partition coefficient (Wildman–Crippen LogP) is 5.77. The van der Waals surface area contributed by atoms with Gasteiger partial charge in [-0.25, -0.2) is 0 Å². The highest BCUT2D eigenvalue weighted by Gasteiger charge is 2.14. The van der Waals surface area contributed by atoms with Crippen molar-refractivity contribution in [2.24, 2.45) is 0 Å². The second-order valence-corrected chi connectivity index (χ2v) is 8.48. The molecule has 0 atom stereocenters. The van der Waals surface area contributed by atoms with Crippen molar-refractivity contribution in [2.75, 3.05) is 18.5 Å². The summed E-state index contributed by atoms with van der Waals surface area (Å²) < 4.78 is 12.3. The van der Waals surface area contributed by atoms with E-state index in [4.69, 9.17) is 9.47 Å². The fraction of sp³-hybridized carbons (Fsp3) is 0.269. The number of anilines is 1. The van der Waals surface area contributed by atoms with Crippen LogP contribution in [-0.4, -0.2) is 19.1 Å². The van der Waals surface area contributed by atoms with Gasteiger partial charge in [0.05, 0.1) is 11.1 Å². The van der Waals surface area contributed by atoms with E-state index in [2.05, 4.69) is 57.8 Å². The Hall–Kier alpha value is -2.83. The average Bonchev–Trinajstić information content (AvgIpc) is 2.76. The van der Waals surface area contributed by atoms with Gasteiger partial charge in [-0.1, -0.05) is 47.5 Å². The van der Waals surface area contributed by atoms with Crippen molar-refractivity contribution < 1.29 is 14.3 Å². The number of aryl methyl sites for hydroxylation is 2. The normalized spacial score (nSPS) is 10.6. The number of carbonyl (C=O) groups excluding carboxylic acids is 1. The van der Waals surface area contributed by atoms with E-state index in [-0.39, 0.29) is 12.5 Å². The Balaban J connectivity index is 1.60. The van der Waals surface area contributed by atoms with E-state index < -0.39 is 0 Å². The third-order valence-corrected chi connectivity index (χ3v) is 5.42. The molecule has 0 aliphatic heterocycles. The Morgan fingerprint density at radius 3 is 2.16 bits per heavy atom. The van der Waals surface area contributed by atoms with Gasteiger partial charge in [0.25, 0.3) is 5.91 Å². The lowest BCUT2D eigenvalue weighted by Crippen LogP contribution is -2.20. The molecule has 6 heteroatoms. The van der Waals surface area contributed by atoms with Gasteiger partial charge in [0.1, 0.15) is 0 Å². The standard InChI is InChI=1S/C26H29BrN2O3/c1-4-31-24-14-21(16-28-15-20-9-5-18(2)6-10-20)13-23(27)26(24)32-17-25(30)29-22-11-7-19(3)8-12-22/h5-14,28H,4,15-17H2,1-3H3,(H,29,30). The van der Waals surface area contributed by atoms with Crippen LogP contribution in [-0.2, 0) is 17.9 Å². The first-order valence-electron chi connectivity index (χ1n) is 10.7. The molecule has 0 radical (unpaired) electrons. The van der Waals surface area contributed by atoms with Gasteiger partial charge >= 0.3 is 0 Å². The van der Waals surface area contributed by atoms with Crippen LogP contribution in [0.3, 0.4) is 0 Å². The van der Waals surface area contributed by atoms with Crippen molar-refractivity contribution in [1.29, 1.82) is 0 Å². The van der Waals surface area contributed by atoms with Crippen LogP contribution in [0, 0.1) is 13.8 Å². The van der Waals surface area contributed by atoms with Crippen LogP contribution < -0.4 is 20.1 Å². The van der Waals surface area contributed by atoms with Crippen LogP contribution in [0.15, 0.2) is 65.1 Å². The Morgan fingerprint density at radius 1 is 0.875 bits per heavy atom. The van der Waals surface area contributed by atoms with Crippen molar-refractivity contribution in [3.63, 3.8) is 0 Å². The van der Waals surface area contributed by atoms with Crippen LogP contribution >= 0.6 is 15.9 Å². The second kappa shape index (κ2) is 11.7. The summed E-state index contributed by atoms with van der Waals surface area (Å²) >= 11 is 3.57. The predicted molar refractivity (Wildman–Crippen MR) is 132 cm³/mol. The SMILES string of the molecule is CCOc1cc(CNCc2ccc(C)cc2)cc(Br)c1OCC(=O)Nc1ccc(C)cc1. The van der Waals surface area contributed by atoms with Crippen LogP contribution in [0.5, 0.6) is 11.5 Å². The summed E-state index contributed by atoms with van der Waals surface area (Å²) in [5, 5.41) is 6.29. The average molecular weight is 497 g/mol. The molecule has 0 heterocycles. The van der Waals surface area contributed by atoms with E-state index in [1.807, 2.05) is 50.2 Å². The lowest BCUT2D eigenvalue weighted by Gasteiger charge is -2.16. The fourth-order valence-electron chi connectivity index (χ4n) is 3.16. The van der Waals surface area contributed by atoms with Gasteiger partial charge in [0, 0.05) is 18.8 Å². The van der Waals surface area contributed by atoms with Gasteiger partial charge in [-0.15, -0.1) is 0 Å². The molecule has 0 fully saturated rings. The molecule has 0 saturated carbocycles. The third kappa shape index (κ3) is 7.11. The number of nitrogens with one attached hydrogen (secondary N) is 2. The highest BCUT2D eigenvalue weighted by Crippen LogP contribution is 2.37. The maximum absolute atomic E-state index is 12.3. The molecule has 1 amide bonds. The number of rotatable bonds is 10. The van der Waals surface area contributed by atoms with Crippen molar-refractivity contribution in [3.8, 4) is 11.5 Å².